The molecule has 0 amide bonds. The molecule has 1 heterocycles. The van der Waals surface area contributed by atoms with E-state index in [-0.39, 0.29) is 17.0 Å². The van der Waals surface area contributed by atoms with Gasteiger partial charge in [0.05, 0.1) is 34.5 Å². The SMILES string of the molecule is CCOC(=O)CC(O)C(O)c1cc(C=O)sc1[N+](=O)[O-]. The number of nitro groups is 1. The largest absolute Gasteiger partial charge is 0.466 e. The summed E-state index contributed by atoms with van der Waals surface area (Å²) in [5.74, 6) is -0.729. The standard InChI is InChI=1S/C11H13NO7S/c1-2-19-9(15)4-8(14)10(16)7-3-6(5-13)20-11(7)12(17)18/h3,5,8,10,14,16H,2,4H2,1H3. The maximum atomic E-state index is 11.2. The molecule has 1 aromatic heterocycles. The van der Waals surface area contributed by atoms with Crippen molar-refractivity contribution in [2.75, 3.05) is 6.61 Å². The molecule has 9 heteroatoms. The topological polar surface area (TPSA) is 127 Å². The lowest BCUT2D eigenvalue weighted by molar-refractivity contribution is -0.381. The molecule has 20 heavy (non-hydrogen) atoms. The van der Waals surface area contributed by atoms with E-state index in [1.165, 1.54) is 0 Å². The maximum absolute atomic E-state index is 11.2. The summed E-state index contributed by atoms with van der Waals surface area (Å²) in [5, 5.41) is 29.9. The number of thiophene rings is 1. The number of aliphatic hydroxyl groups is 2. The summed E-state index contributed by atoms with van der Waals surface area (Å²) in [5.41, 5.74) is -0.195. The van der Waals surface area contributed by atoms with Crippen LogP contribution < -0.4 is 0 Å². The highest BCUT2D eigenvalue weighted by Gasteiger charge is 2.30. The van der Waals surface area contributed by atoms with Crippen LogP contribution in [-0.4, -0.2) is 40.1 Å². The molecule has 0 bridgehead atoms. The molecule has 0 spiro atoms. The fraction of sp³-hybridized carbons (Fsp3) is 0.455. The summed E-state index contributed by atoms with van der Waals surface area (Å²) < 4.78 is 4.61. The summed E-state index contributed by atoms with van der Waals surface area (Å²) in [6, 6.07) is 1.12. The molecule has 0 saturated heterocycles. The van der Waals surface area contributed by atoms with Gasteiger partial charge in [-0.25, -0.2) is 0 Å². The van der Waals surface area contributed by atoms with Gasteiger partial charge in [0.2, 0.25) is 0 Å². The number of nitrogens with zero attached hydrogens (tertiary/aromatic N) is 1. The molecule has 0 saturated carbocycles. The Balaban J connectivity index is 2.92. The van der Waals surface area contributed by atoms with E-state index < -0.39 is 34.5 Å². The quantitative estimate of drug-likeness (QED) is 0.330. The van der Waals surface area contributed by atoms with Crippen LogP contribution >= 0.6 is 11.3 Å². The number of rotatable bonds is 7. The van der Waals surface area contributed by atoms with Crippen LogP contribution in [0.15, 0.2) is 6.07 Å². The predicted molar refractivity (Wildman–Crippen MR) is 68.6 cm³/mol. The van der Waals surface area contributed by atoms with E-state index in [1.54, 1.807) is 6.92 Å². The van der Waals surface area contributed by atoms with Crippen molar-refractivity contribution in [1.82, 2.24) is 0 Å². The van der Waals surface area contributed by atoms with Crippen molar-refractivity contribution in [3.63, 3.8) is 0 Å². The predicted octanol–water partition coefficient (Wildman–Crippen LogP) is 0.816. The molecule has 1 rings (SSSR count). The first kappa shape index (κ1) is 16.2. The highest BCUT2D eigenvalue weighted by molar-refractivity contribution is 7.17. The Kier molecular flexibility index (Phi) is 5.74. The van der Waals surface area contributed by atoms with Gasteiger partial charge in [-0.3, -0.25) is 19.7 Å². The molecular formula is C11H13NO7S. The van der Waals surface area contributed by atoms with Gasteiger partial charge in [-0.2, -0.15) is 0 Å². The fourth-order valence-corrected chi connectivity index (χ4v) is 2.37. The normalized spacial score (nSPS) is 13.6. The average Bonchev–Trinajstić information content (AvgIpc) is 2.82. The number of ether oxygens (including phenoxy) is 1. The summed E-state index contributed by atoms with van der Waals surface area (Å²) in [7, 11) is 0. The minimum atomic E-state index is -1.65. The third kappa shape index (κ3) is 3.83. The van der Waals surface area contributed by atoms with E-state index in [2.05, 4.69) is 4.74 Å². The first-order chi connectivity index (χ1) is 9.40. The molecule has 8 nitrogen and oxygen atoms in total. The second kappa shape index (κ2) is 7.08. The molecule has 0 aromatic carbocycles. The molecule has 2 N–H and O–H groups in total. The van der Waals surface area contributed by atoms with Gasteiger partial charge in [-0.05, 0) is 13.0 Å². The Labute approximate surface area is 117 Å². The zero-order chi connectivity index (χ0) is 15.3. The molecule has 1 aromatic rings. The van der Waals surface area contributed by atoms with Crippen molar-refractivity contribution in [2.45, 2.75) is 25.6 Å². The highest BCUT2D eigenvalue weighted by atomic mass is 32.1. The van der Waals surface area contributed by atoms with Gasteiger partial charge < -0.3 is 14.9 Å². The van der Waals surface area contributed by atoms with Crippen LogP contribution in [0.5, 0.6) is 0 Å². The van der Waals surface area contributed by atoms with Crippen molar-refractivity contribution in [2.24, 2.45) is 0 Å². The summed E-state index contributed by atoms with van der Waals surface area (Å²) >= 11 is 0.588. The second-order valence-corrected chi connectivity index (χ2v) is 4.87. The van der Waals surface area contributed by atoms with E-state index >= 15 is 0 Å². The Morgan fingerprint density at radius 3 is 2.75 bits per heavy atom. The van der Waals surface area contributed by atoms with Gasteiger partial charge in [-0.1, -0.05) is 11.3 Å². The number of hydrogen-bond acceptors (Lipinski definition) is 8. The second-order valence-electron chi connectivity index (χ2n) is 3.81. The van der Waals surface area contributed by atoms with Gasteiger partial charge in [0.1, 0.15) is 6.10 Å². The smallest absolute Gasteiger partial charge is 0.330 e. The monoisotopic (exact) mass is 303 g/mol. The van der Waals surface area contributed by atoms with E-state index in [9.17, 15) is 29.9 Å². The molecule has 2 atom stereocenters. The third-order valence-corrected chi connectivity index (χ3v) is 3.43. The zero-order valence-corrected chi connectivity index (χ0v) is 11.3. The highest BCUT2D eigenvalue weighted by Crippen LogP contribution is 2.35. The molecule has 0 aliphatic heterocycles. The number of esters is 1. The first-order valence-electron chi connectivity index (χ1n) is 5.65. The van der Waals surface area contributed by atoms with Gasteiger partial charge in [0.25, 0.3) is 0 Å². The molecule has 0 radical (unpaired) electrons. The summed E-state index contributed by atoms with van der Waals surface area (Å²) in [6.07, 6.45) is -3.30. The number of aliphatic hydroxyl groups excluding tert-OH is 2. The van der Waals surface area contributed by atoms with Crippen LogP contribution in [0.25, 0.3) is 0 Å². The number of carbonyl (C=O) groups is 2. The van der Waals surface area contributed by atoms with Gasteiger partial charge in [-0.15, -0.1) is 0 Å². The van der Waals surface area contributed by atoms with Crippen LogP contribution in [0.4, 0.5) is 5.00 Å². The average molecular weight is 303 g/mol. The Morgan fingerprint density at radius 2 is 2.25 bits per heavy atom. The van der Waals surface area contributed by atoms with Crippen LogP contribution in [-0.2, 0) is 9.53 Å². The molecular weight excluding hydrogens is 290 g/mol. The lowest BCUT2D eigenvalue weighted by atomic mass is 10.0. The molecule has 0 aliphatic rings. The fourth-order valence-electron chi connectivity index (χ4n) is 1.54. The van der Waals surface area contributed by atoms with Crippen molar-refractivity contribution in [3.8, 4) is 0 Å². The number of hydrogen-bond donors (Lipinski definition) is 2. The van der Waals surface area contributed by atoms with Crippen LogP contribution in [0.3, 0.4) is 0 Å². The Bertz CT molecular complexity index is 513. The van der Waals surface area contributed by atoms with E-state index in [0.29, 0.717) is 17.6 Å². The lowest BCUT2D eigenvalue weighted by Gasteiger charge is -2.15. The summed E-state index contributed by atoms with van der Waals surface area (Å²) in [4.78, 5) is 31.9. The molecule has 2 unspecified atom stereocenters. The van der Waals surface area contributed by atoms with E-state index in [4.69, 9.17) is 0 Å². The van der Waals surface area contributed by atoms with Crippen LogP contribution in [0, 0.1) is 10.1 Å². The van der Waals surface area contributed by atoms with E-state index in [0.717, 1.165) is 6.07 Å². The molecule has 110 valence electrons. The third-order valence-electron chi connectivity index (χ3n) is 2.41. The lowest BCUT2D eigenvalue weighted by Crippen LogP contribution is -2.23. The van der Waals surface area contributed by atoms with E-state index in [1.807, 2.05) is 0 Å². The van der Waals surface area contributed by atoms with Gasteiger partial charge in [0.15, 0.2) is 6.29 Å². The van der Waals surface area contributed by atoms with Gasteiger partial charge >= 0.3 is 11.0 Å². The zero-order valence-electron chi connectivity index (χ0n) is 10.5. The van der Waals surface area contributed by atoms with Crippen molar-refractivity contribution in [1.29, 1.82) is 0 Å². The molecule has 0 fully saturated rings. The van der Waals surface area contributed by atoms with Crippen molar-refractivity contribution in [3.05, 3.63) is 26.6 Å². The molecule has 0 aliphatic carbocycles. The Morgan fingerprint density at radius 1 is 1.60 bits per heavy atom. The van der Waals surface area contributed by atoms with Gasteiger partial charge in [0, 0.05) is 0 Å². The summed E-state index contributed by atoms with van der Waals surface area (Å²) in [6.45, 7) is 1.70. The number of aldehydes is 1. The maximum Gasteiger partial charge on any atom is 0.330 e. The van der Waals surface area contributed by atoms with Crippen molar-refractivity contribution >= 4 is 28.6 Å². The Hall–Kier alpha value is -1.84. The van der Waals surface area contributed by atoms with Crippen LogP contribution in [0.2, 0.25) is 0 Å². The van der Waals surface area contributed by atoms with Crippen molar-refractivity contribution < 1.29 is 29.5 Å². The minimum Gasteiger partial charge on any atom is -0.466 e. The minimum absolute atomic E-state index is 0.0501. The number of carbonyl (C=O) groups excluding carboxylic acids is 2. The first-order valence-corrected chi connectivity index (χ1v) is 6.47. The van der Waals surface area contributed by atoms with Crippen LogP contribution in [0.1, 0.15) is 34.7 Å².